The minimum atomic E-state index is 0.696. The molecule has 78 valence electrons. The van der Waals surface area contributed by atoms with Gasteiger partial charge in [0.05, 0.1) is 18.6 Å². The summed E-state index contributed by atoms with van der Waals surface area (Å²) in [5, 5.41) is 11.1. The number of nitrogens with one attached hydrogen (secondary N) is 1. The molecule has 0 fully saturated rings. The van der Waals surface area contributed by atoms with Gasteiger partial charge in [-0.05, 0) is 12.6 Å². The molecule has 0 bridgehead atoms. The van der Waals surface area contributed by atoms with Crippen LogP contribution in [-0.2, 0) is 13.1 Å². The second kappa shape index (κ2) is 4.70. The Bertz CT molecular complexity index is 408. The van der Waals surface area contributed by atoms with E-state index in [1.165, 1.54) is 5.56 Å². The normalized spacial score (nSPS) is 10.5. The van der Waals surface area contributed by atoms with Crippen molar-refractivity contribution in [2.75, 3.05) is 7.05 Å². The predicted octanol–water partition coefficient (Wildman–Crippen LogP) is 1.05. The summed E-state index contributed by atoms with van der Waals surface area (Å²) < 4.78 is 1.79. The Kier molecular flexibility index (Phi) is 3.09. The Morgan fingerprint density at radius 1 is 1.27 bits per heavy atom. The first-order valence-corrected chi connectivity index (χ1v) is 4.96. The molecule has 0 spiro atoms. The SMILES string of the molecule is CNCn1cc(Cc2ccccc2)nn1. The lowest BCUT2D eigenvalue weighted by Crippen LogP contribution is -2.13. The van der Waals surface area contributed by atoms with E-state index in [1.807, 2.05) is 31.4 Å². The van der Waals surface area contributed by atoms with E-state index in [4.69, 9.17) is 0 Å². The van der Waals surface area contributed by atoms with E-state index in [1.54, 1.807) is 4.68 Å². The molecule has 0 aliphatic heterocycles. The molecule has 1 N–H and O–H groups in total. The lowest BCUT2D eigenvalue weighted by molar-refractivity contribution is 0.537. The zero-order valence-electron chi connectivity index (χ0n) is 8.72. The molecule has 0 amide bonds. The highest BCUT2D eigenvalue weighted by Gasteiger charge is 2.00. The third-order valence-electron chi connectivity index (χ3n) is 2.13. The average Bonchev–Trinajstić information content (AvgIpc) is 2.68. The fourth-order valence-corrected chi connectivity index (χ4v) is 1.46. The lowest BCUT2D eigenvalue weighted by Gasteiger charge is -1.96. The molecule has 2 aromatic rings. The van der Waals surface area contributed by atoms with Gasteiger partial charge in [0.1, 0.15) is 0 Å². The fourth-order valence-electron chi connectivity index (χ4n) is 1.46. The van der Waals surface area contributed by atoms with Gasteiger partial charge in [-0.3, -0.25) is 0 Å². The van der Waals surface area contributed by atoms with Crippen molar-refractivity contribution in [3.63, 3.8) is 0 Å². The van der Waals surface area contributed by atoms with Gasteiger partial charge in [0.2, 0.25) is 0 Å². The molecule has 0 unspecified atom stereocenters. The molecule has 1 heterocycles. The predicted molar refractivity (Wildman–Crippen MR) is 58.3 cm³/mol. The van der Waals surface area contributed by atoms with Crippen LogP contribution in [0.15, 0.2) is 36.5 Å². The van der Waals surface area contributed by atoms with Crippen LogP contribution >= 0.6 is 0 Å². The summed E-state index contributed by atoms with van der Waals surface area (Å²) >= 11 is 0. The molecular weight excluding hydrogens is 188 g/mol. The zero-order chi connectivity index (χ0) is 10.5. The first kappa shape index (κ1) is 9.86. The standard InChI is InChI=1S/C11H14N4/c1-12-9-15-8-11(13-14-15)7-10-5-3-2-4-6-10/h2-6,8,12H,7,9H2,1H3. The van der Waals surface area contributed by atoms with Crippen LogP contribution < -0.4 is 5.32 Å². The Labute approximate surface area is 88.9 Å². The van der Waals surface area contributed by atoms with Crippen molar-refractivity contribution in [3.05, 3.63) is 47.8 Å². The molecule has 15 heavy (non-hydrogen) atoms. The average molecular weight is 202 g/mol. The summed E-state index contributed by atoms with van der Waals surface area (Å²) in [5.41, 5.74) is 2.26. The monoisotopic (exact) mass is 202 g/mol. The number of hydrogen-bond acceptors (Lipinski definition) is 3. The molecule has 4 nitrogen and oxygen atoms in total. The Balaban J connectivity index is 2.05. The zero-order valence-corrected chi connectivity index (χ0v) is 8.72. The van der Waals surface area contributed by atoms with Gasteiger partial charge in [0.25, 0.3) is 0 Å². The third kappa shape index (κ3) is 2.63. The van der Waals surface area contributed by atoms with E-state index in [0.717, 1.165) is 12.1 Å². The summed E-state index contributed by atoms with van der Waals surface area (Å²) in [6.45, 7) is 0.696. The van der Waals surface area contributed by atoms with E-state index >= 15 is 0 Å². The Morgan fingerprint density at radius 3 is 2.80 bits per heavy atom. The van der Waals surface area contributed by atoms with Gasteiger partial charge < -0.3 is 5.32 Å². The molecule has 0 atom stereocenters. The molecule has 0 saturated carbocycles. The minimum absolute atomic E-state index is 0.696. The highest BCUT2D eigenvalue weighted by atomic mass is 15.4. The van der Waals surface area contributed by atoms with E-state index < -0.39 is 0 Å². The van der Waals surface area contributed by atoms with E-state index in [2.05, 4.69) is 27.8 Å². The van der Waals surface area contributed by atoms with Gasteiger partial charge in [-0.1, -0.05) is 35.5 Å². The summed E-state index contributed by atoms with van der Waals surface area (Å²) in [4.78, 5) is 0. The van der Waals surface area contributed by atoms with Gasteiger partial charge in [0.15, 0.2) is 0 Å². The van der Waals surface area contributed by atoms with Crippen LogP contribution in [0, 0.1) is 0 Å². The largest absolute Gasteiger partial charge is 0.301 e. The van der Waals surface area contributed by atoms with Crippen LogP contribution in [-0.4, -0.2) is 22.0 Å². The molecule has 0 saturated heterocycles. The molecule has 0 radical (unpaired) electrons. The van der Waals surface area contributed by atoms with Crippen molar-refractivity contribution in [2.45, 2.75) is 13.1 Å². The summed E-state index contributed by atoms with van der Waals surface area (Å²) in [6, 6.07) is 10.3. The third-order valence-corrected chi connectivity index (χ3v) is 2.13. The maximum atomic E-state index is 4.10. The molecule has 0 aliphatic carbocycles. The number of aromatic nitrogens is 3. The minimum Gasteiger partial charge on any atom is -0.301 e. The first-order chi connectivity index (χ1) is 7.38. The van der Waals surface area contributed by atoms with Crippen molar-refractivity contribution in [3.8, 4) is 0 Å². The van der Waals surface area contributed by atoms with Crippen molar-refractivity contribution >= 4 is 0 Å². The number of rotatable bonds is 4. The lowest BCUT2D eigenvalue weighted by atomic mass is 10.1. The van der Waals surface area contributed by atoms with Crippen molar-refractivity contribution in [1.82, 2.24) is 20.3 Å². The van der Waals surface area contributed by atoms with Gasteiger partial charge >= 0.3 is 0 Å². The maximum absolute atomic E-state index is 4.10. The van der Waals surface area contributed by atoms with Crippen LogP contribution in [0.2, 0.25) is 0 Å². The highest BCUT2D eigenvalue weighted by molar-refractivity contribution is 5.19. The van der Waals surface area contributed by atoms with Gasteiger partial charge in [0, 0.05) is 6.42 Å². The highest BCUT2D eigenvalue weighted by Crippen LogP contribution is 2.05. The fraction of sp³-hybridized carbons (Fsp3) is 0.273. The molecule has 1 aromatic carbocycles. The molecule has 2 rings (SSSR count). The molecule has 4 heteroatoms. The summed E-state index contributed by atoms with van der Waals surface area (Å²) in [5.74, 6) is 0. The van der Waals surface area contributed by atoms with Crippen molar-refractivity contribution < 1.29 is 0 Å². The van der Waals surface area contributed by atoms with E-state index in [-0.39, 0.29) is 0 Å². The Morgan fingerprint density at radius 2 is 2.07 bits per heavy atom. The van der Waals surface area contributed by atoms with Crippen LogP contribution in [0.4, 0.5) is 0 Å². The molecule has 1 aromatic heterocycles. The number of hydrogen-bond donors (Lipinski definition) is 1. The van der Waals surface area contributed by atoms with Gasteiger partial charge in [-0.2, -0.15) is 0 Å². The second-order valence-electron chi connectivity index (χ2n) is 3.42. The maximum Gasteiger partial charge on any atom is 0.0919 e. The van der Waals surface area contributed by atoms with Crippen LogP contribution in [0.5, 0.6) is 0 Å². The van der Waals surface area contributed by atoms with E-state index in [0.29, 0.717) is 6.67 Å². The summed E-state index contributed by atoms with van der Waals surface area (Å²) in [7, 11) is 1.89. The number of benzene rings is 1. The van der Waals surface area contributed by atoms with Crippen molar-refractivity contribution in [1.29, 1.82) is 0 Å². The second-order valence-corrected chi connectivity index (χ2v) is 3.42. The van der Waals surface area contributed by atoms with Gasteiger partial charge in [-0.15, -0.1) is 5.10 Å². The molecule has 0 aliphatic rings. The number of nitrogens with zero attached hydrogens (tertiary/aromatic N) is 3. The van der Waals surface area contributed by atoms with Crippen LogP contribution in [0.3, 0.4) is 0 Å². The molecular formula is C11H14N4. The van der Waals surface area contributed by atoms with Crippen molar-refractivity contribution in [2.24, 2.45) is 0 Å². The summed E-state index contributed by atoms with van der Waals surface area (Å²) in [6.07, 6.45) is 2.80. The smallest absolute Gasteiger partial charge is 0.0919 e. The quantitative estimate of drug-likeness (QED) is 0.805. The first-order valence-electron chi connectivity index (χ1n) is 4.96. The van der Waals surface area contributed by atoms with Crippen LogP contribution in [0.1, 0.15) is 11.3 Å². The van der Waals surface area contributed by atoms with E-state index in [9.17, 15) is 0 Å². The topological polar surface area (TPSA) is 42.7 Å². The van der Waals surface area contributed by atoms with Crippen LogP contribution in [0.25, 0.3) is 0 Å². The Hall–Kier alpha value is -1.68. The van der Waals surface area contributed by atoms with Gasteiger partial charge in [-0.25, -0.2) is 4.68 Å².